The van der Waals surface area contributed by atoms with E-state index in [1.165, 1.54) is 76.1 Å². The maximum Gasteiger partial charge on any atom is 0.0470 e. The Morgan fingerprint density at radius 3 is 0.833 bits per heavy atom. The van der Waals surface area contributed by atoms with Crippen LogP contribution in [0.15, 0.2) is 170 Å². The van der Waals surface area contributed by atoms with Crippen LogP contribution in [0.4, 0.5) is 34.1 Å². The molecule has 0 saturated carbocycles. The molecule has 10 rings (SSSR count). The molecule has 0 amide bonds. The van der Waals surface area contributed by atoms with Gasteiger partial charge in [0.25, 0.3) is 0 Å². The van der Waals surface area contributed by atoms with Crippen molar-refractivity contribution >= 4 is 88.0 Å². The molecule has 2 heteroatoms. The summed E-state index contributed by atoms with van der Waals surface area (Å²) in [5, 5.41) is 13.3. The van der Waals surface area contributed by atoms with Gasteiger partial charge in [-0.2, -0.15) is 0 Å². The van der Waals surface area contributed by atoms with Gasteiger partial charge in [-0.25, -0.2) is 0 Å². The van der Waals surface area contributed by atoms with Crippen molar-refractivity contribution in [2.75, 3.05) is 9.80 Å². The SMILES string of the molecule is Cc1cc(N(c2ccccc2)c2ccccc2)cc2c3cc(C(C)(C)C)cc4c5c(C)cc(N(c6ccccc6)c6ccccc6)cc5c5cc(C(C)(C)C)cc(c12)c5c34. The molecule has 10 aromatic carbocycles. The number of hydrogen-bond donors (Lipinski definition) is 0. The van der Waals surface area contributed by atoms with E-state index < -0.39 is 0 Å². The summed E-state index contributed by atoms with van der Waals surface area (Å²) in [7, 11) is 0. The van der Waals surface area contributed by atoms with Crippen LogP contribution in [0.3, 0.4) is 0 Å². The molecule has 294 valence electrons. The van der Waals surface area contributed by atoms with E-state index in [1.54, 1.807) is 0 Å². The van der Waals surface area contributed by atoms with Gasteiger partial charge in [0.15, 0.2) is 0 Å². The molecule has 0 aliphatic rings. The van der Waals surface area contributed by atoms with E-state index in [-0.39, 0.29) is 10.8 Å². The Bertz CT molecular complexity index is 2910. The van der Waals surface area contributed by atoms with Crippen LogP contribution >= 0.6 is 0 Å². The van der Waals surface area contributed by atoms with Gasteiger partial charge in [0.2, 0.25) is 0 Å². The van der Waals surface area contributed by atoms with Crippen molar-refractivity contribution < 1.29 is 0 Å². The minimum Gasteiger partial charge on any atom is -0.310 e. The zero-order chi connectivity index (χ0) is 41.5. The van der Waals surface area contributed by atoms with Crippen molar-refractivity contribution in [3.8, 4) is 0 Å². The second-order valence-electron chi connectivity index (χ2n) is 18.8. The molecule has 0 aliphatic heterocycles. The number of fused-ring (bicyclic) bond motifs is 6. The normalized spacial score (nSPS) is 12.3. The molecule has 0 spiro atoms. The lowest BCUT2D eigenvalue weighted by Gasteiger charge is -2.30. The Morgan fingerprint density at radius 2 is 0.550 bits per heavy atom. The van der Waals surface area contributed by atoms with Crippen molar-refractivity contribution in [1.82, 2.24) is 0 Å². The molecule has 0 radical (unpaired) electrons. The smallest absolute Gasteiger partial charge is 0.0470 e. The van der Waals surface area contributed by atoms with Crippen LogP contribution in [0.5, 0.6) is 0 Å². The van der Waals surface area contributed by atoms with Crippen LogP contribution in [0, 0.1) is 13.8 Å². The quantitative estimate of drug-likeness (QED) is 0.123. The number of hydrogen-bond acceptors (Lipinski definition) is 2. The molecule has 0 atom stereocenters. The highest BCUT2D eigenvalue weighted by Crippen LogP contribution is 2.51. The fourth-order valence-electron chi connectivity index (χ4n) is 9.65. The molecular formula is C58H52N2. The Hall–Kier alpha value is -6.64. The molecule has 0 fully saturated rings. The zero-order valence-corrected chi connectivity index (χ0v) is 36.1. The Balaban J connectivity index is 1.39. The van der Waals surface area contributed by atoms with E-state index in [2.05, 4.69) is 235 Å². The second-order valence-corrected chi connectivity index (χ2v) is 18.8. The molecule has 0 N–H and O–H groups in total. The summed E-state index contributed by atoms with van der Waals surface area (Å²) in [5.74, 6) is 0. The monoisotopic (exact) mass is 776 g/mol. The molecule has 10 aromatic rings. The van der Waals surface area contributed by atoms with Crippen LogP contribution in [-0.4, -0.2) is 0 Å². The first-order valence-electron chi connectivity index (χ1n) is 21.4. The van der Waals surface area contributed by atoms with E-state index in [4.69, 9.17) is 0 Å². The lowest BCUT2D eigenvalue weighted by atomic mass is 9.77. The molecule has 0 bridgehead atoms. The van der Waals surface area contributed by atoms with Crippen molar-refractivity contribution in [3.05, 3.63) is 192 Å². The van der Waals surface area contributed by atoms with Crippen LogP contribution in [-0.2, 0) is 10.8 Å². The Morgan fingerprint density at radius 1 is 0.283 bits per heavy atom. The molecule has 0 saturated heterocycles. The fourth-order valence-corrected chi connectivity index (χ4v) is 9.65. The average Bonchev–Trinajstić information content (AvgIpc) is 3.24. The van der Waals surface area contributed by atoms with E-state index in [1.807, 2.05) is 0 Å². The van der Waals surface area contributed by atoms with Crippen LogP contribution in [0.2, 0.25) is 0 Å². The van der Waals surface area contributed by atoms with Gasteiger partial charge >= 0.3 is 0 Å². The largest absolute Gasteiger partial charge is 0.310 e. The predicted molar refractivity (Wildman–Crippen MR) is 261 cm³/mol. The molecule has 2 nitrogen and oxygen atoms in total. The number of para-hydroxylation sites is 4. The topological polar surface area (TPSA) is 6.48 Å². The highest BCUT2D eigenvalue weighted by Gasteiger charge is 2.27. The van der Waals surface area contributed by atoms with E-state index in [0.717, 1.165) is 34.1 Å². The van der Waals surface area contributed by atoms with Gasteiger partial charge in [-0.15, -0.1) is 0 Å². The third-order valence-electron chi connectivity index (χ3n) is 12.6. The van der Waals surface area contributed by atoms with Gasteiger partial charge in [0.1, 0.15) is 0 Å². The summed E-state index contributed by atoms with van der Waals surface area (Å²) in [6.45, 7) is 18.8. The summed E-state index contributed by atoms with van der Waals surface area (Å²) < 4.78 is 0. The van der Waals surface area contributed by atoms with Crippen molar-refractivity contribution in [2.24, 2.45) is 0 Å². The minimum absolute atomic E-state index is 0.0689. The third kappa shape index (κ3) is 6.16. The Labute approximate surface area is 354 Å². The number of anilines is 6. The summed E-state index contributed by atoms with van der Waals surface area (Å²) in [6.07, 6.45) is 0. The van der Waals surface area contributed by atoms with Gasteiger partial charge in [-0.1, -0.05) is 114 Å². The number of rotatable bonds is 6. The van der Waals surface area contributed by atoms with Gasteiger partial charge in [-0.3, -0.25) is 0 Å². The summed E-state index contributed by atoms with van der Waals surface area (Å²) in [6, 6.07) is 63.0. The first-order valence-corrected chi connectivity index (χ1v) is 21.4. The second kappa shape index (κ2) is 14.0. The Kier molecular flexibility index (Phi) is 8.77. The van der Waals surface area contributed by atoms with Gasteiger partial charge in [0.05, 0.1) is 0 Å². The highest BCUT2D eigenvalue weighted by molar-refractivity contribution is 6.41. The third-order valence-corrected chi connectivity index (χ3v) is 12.6. The lowest BCUT2D eigenvalue weighted by molar-refractivity contribution is 0.591. The lowest BCUT2D eigenvalue weighted by Crippen LogP contribution is -2.13. The van der Waals surface area contributed by atoms with E-state index >= 15 is 0 Å². The van der Waals surface area contributed by atoms with Crippen molar-refractivity contribution in [3.63, 3.8) is 0 Å². The fraction of sp³-hybridized carbons (Fsp3) is 0.172. The first-order chi connectivity index (χ1) is 28.9. The first kappa shape index (κ1) is 37.6. The van der Waals surface area contributed by atoms with Crippen molar-refractivity contribution in [1.29, 1.82) is 0 Å². The van der Waals surface area contributed by atoms with Gasteiger partial charge in [-0.05, 0) is 198 Å². The van der Waals surface area contributed by atoms with Gasteiger partial charge in [0, 0.05) is 34.1 Å². The van der Waals surface area contributed by atoms with Crippen LogP contribution in [0.1, 0.15) is 63.8 Å². The summed E-state index contributed by atoms with van der Waals surface area (Å²) >= 11 is 0. The number of benzene rings is 10. The number of aryl methyl sites for hydroxylation is 2. The standard InChI is InChI=1S/C58H52N2/c1-37-29-45(59(41-21-13-9-14-22-41)42-23-15-10-16-24-42)35-49-47-31-40(58(6,7)8)34-52-54-38(2)30-46(60(43-25-17-11-18-26-43)44-27-19-12-20-28-44)36-50(54)48-32-39(57(3,4)5)33-51(53(37)49)55(48)56(47)52/h9-36H,1-8H3. The molecular weight excluding hydrogens is 725 g/mol. The average molecular weight is 777 g/mol. The number of nitrogens with zero attached hydrogens (tertiary/aromatic N) is 2. The van der Waals surface area contributed by atoms with Crippen LogP contribution < -0.4 is 9.80 Å². The molecule has 60 heavy (non-hydrogen) atoms. The van der Waals surface area contributed by atoms with Gasteiger partial charge < -0.3 is 9.80 Å². The summed E-state index contributed by atoms with van der Waals surface area (Å²) in [5.41, 5.74) is 12.0. The van der Waals surface area contributed by atoms with E-state index in [0.29, 0.717) is 0 Å². The maximum absolute atomic E-state index is 2.52. The minimum atomic E-state index is -0.0689. The summed E-state index contributed by atoms with van der Waals surface area (Å²) in [4.78, 5) is 4.82. The molecule has 0 unspecified atom stereocenters. The highest BCUT2D eigenvalue weighted by atomic mass is 15.1. The zero-order valence-electron chi connectivity index (χ0n) is 36.1. The van der Waals surface area contributed by atoms with E-state index in [9.17, 15) is 0 Å². The molecule has 0 heterocycles. The van der Waals surface area contributed by atoms with Crippen LogP contribution in [0.25, 0.3) is 53.9 Å². The molecule has 0 aromatic heterocycles. The predicted octanol–water partition coefficient (Wildman–Crippen LogP) is 17.0. The van der Waals surface area contributed by atoms with Crippen molar-refractivity contribution in [2.45, 2.75) is 66.2 Å². The molecule has 0 aliphatic carbocycles. The maximum atomic E-state index is 2.52.